The summed E-state index contributed by atoms with van der Waals surface area (Å²) in [6.45, 7) is 0.672. The molecule has 0 aliphatic carbocycles. The molecule has 0 spiro atoms. The lowest BCUT2D eigenvalue weighted by atomic mass is 10.3. The molecule has 0 aliphatic heterocycles. The predicted molar refractivity (Wildman–Crippen MR) is 88.0 cm³/mol. The highest BCUT2D eigenvalue weighted by atomic mass is 16.6. The first kappa shape index (κ1) is 18.1. The third-order valence-electron chi connectivity index (χ3n) is 3.09. The van der Waals surface area contributed by atoms with E-state index in [1.54, 1.807) is 24.3 Å². The van der Waals surface area contributed by atoms with Crippen molar-refractivity contribution < 1.29 is 24.1 Å². The quantitative estimate of drug-likeness (QED) is 0.368. The van der Waals surface area contributed by atoms with E-state index < -0.39 is 9.85 Å². The van der Waals surface area contributed by atoms with Gasteiger partial charge >= 0.3 is 11.4 Å². The summed E-state index contributed by atoms with van der Waals surface area (Å²) in [4.78, 5) is 20.6. The molecule has 25 heavy (non-hydrogen) atoms. The van der Waals surface area contributed by atoms with Crippen LogP contribution in [0.2, 0.25) is 0 Å². The minimum atomic E-state index is -0.517. The summed E-state index contributed by atoms with van der Waals surface area (Å²) in [5.74, 6) is 0.347. The van der Waals surface area contributed by atoms with Crippen molar-refractivity contribution in [1.29, 1.82) is 0 Å². The van der Waals surface area contributed by atoms with Crippen molar-refractivity contribution in [2.75, 3.05) is 26.4 Å². The molecule has 0 amide bonds. The molecule has 132 valence electrons. The van der Waals surface area contributed by atoms with Gasteiger partial charge in [-0.15, -0.1) is 0 Å². The Balaban J connectivity index is 1.68. The van der Waals surface area contributed by atoms with Gasteiger partial charge in [0, 0.05) is 12.1 Å². The highest BCUT2D eigenvalue weighted by Gasteiger charge is 2.14. The Bertz CT molecular complexity index is 674. The average Bonchev–Trinajstić information content (AvgIpc) is 2.61. The number of ether oxygens (including phenoxy) is 3. The molecular formula is C16H16N2O7. The van der Waals surface area contributed by atoms with E-state index in [1.165, 1.54) is 24.3 Å². The van der Waals surface area contributed by atoms with Crippen molar-refractivity contribution in [2.24, 2.45) is 0 Å². The number of hydrogen-bond donors (Lipinski definition) is 0. The molecule has 0 heterocycles. The van der Waals surface area contributed by atoms with Crippen LogP contribution >= 0.6 is 0 Å². The first-order valence-corrected chi connectivity index (χ1v) is 7.40. The van der Waals surface area contributed by atoms with Crippen LogP contribution in [-0.4, -0.2) is 36.3 Å². The van der Waals surface area contributed by atoms with Gasteiger partial charge in [-0.05, 0) is 12.1 Å². The van der Waals surface area contributed by atoms with Gasteiger partial charge in [0.2, 0.25) is 0 Å². The molecule has 0 unspecified atom stereocenters. The van der Waals surface area contributed by atoms with Gasteiger partial charge in [-0.1, -0.05) is 24.3 Å². The minimum Gasteiger partial charge on any atom is -0.484 e. The molecule has 0 saturated heterocycles. The van der Waals surface area contributed by atoms with Crippen molar-refractivity contribution in [2.45, 2.75) is 0 Å². The smallest absolute Gasteiger partial charge is 0.310 e. The number of nitrogens with zero attached hydrogens (tertiary/aromatic N) is 2. The van der Waals surface area contributed by atoms with Crippen LogP contribution in [0.3, 0.4) is 0 Å². The Morgan fingerprint density at radius 2 is 1.08 bits per heavy atom. The van der Waals surface area contributed by atoms with E-state index in [-0.39, 0.29) is 49.3 Å². The Morgan fingerprint density at radius 1 is 0.680 bits per heavy atom. The van der Waals surface area contributed by atoms with Crippen LogP contribution in [0.25, 0.3) is 0 Å². The van der Waals surface area contributed by atoms with Crippen LogP contribution in [0.4, 0.5) is 11.4 Å². The number of hydrogen-bond acceptors (Lipinski definition) is 7. The number of nitro groups is 2. The molecule has 2 aromatic carbocycles. The summed E-state index contributed by atoms with van der Waals surface area (Å²) in [7, 11) is 0. The average molecular weight is 348 g/mol. The molecule has 0 saturated carbocycles. The second-order valence-corrected chi connectivity index (χ2v) is 4.76. The Kier molecular flexibility index (Phi) is 6.66. The molecule has 0 bridgehead atoms. The second-order valence-electron chi connectivity index (χ2n) is 4.76. The van der Waals surface area contributed by atoms with Crippen LogP contribution in [-0.2, 0) is 4.74 Å². The first-order valence-electron chi connectivity index (χ1n) is 7.40. The van der Waals surface area contributed by atoms with Crippen LogP contribution < -0.4 is 9.47 Å². The van der Waals surface area contributed by atoms with Crippen molar-refractivity contribution in [1.82, 2.24) is 0 Å². The molecule has 0 N–H and O–H groups in total. The van der Waals surface area contributed by atoms with Crippen molar-refractivity contribution >= 4 is 11.4 Å². The molecule has 2 rings (SSSR count). The Labute approximate surface area is 143 Å². The van der Waals surface area contributed by atoms with E-state index in [0.717, 1.165) is 0 Å². The Morgan fingerprint density at radius 3 is 1.48 bits per heavy atom. The van der Waals surface area contributed by atoms with Crippen molar-refractivity contribution in [3.8, 4) is 11.5 Å². The van der Waals surface area contributed by atoms with Crippen LogP contribution in [0.5, 0.6) is 11.5 Å². The highest BCUT2D eigenvalue weighted by Crippen LogP contribution is 2.26. The number of nitro benzene ring substituents is 2. The van der Waals surface area contributed by atoms with E-state index in [1.807, 2.05) is 0 Å². The summed E-state index contributed by atoms with van der Waals surface area (Å²) in [5.41, 5.74) is -0.218. The molecule has 2 aromatic rings. The second kappa shape index (κ2) is 9.18. The maximum Gasteiger partial charge on any atom is 0.310 e. The lowest BCUT2D eigenvalue weighted by Crippen LogP contribution is -2.12. The number of para-hydroxylation sites is 4. The van der Waals surface area contributed by atoms with E-state index in [4.69, 9.17) is 14.2 Å². The van der Waals surface area contributed by atoms with Gasteiger partial charge in [-0.2, -0.15) is 0 Å². The molecular weight excluding hydrogens is 332 g/mol. The molecule has 0 radical (unpaired) electrons. The lowest BCUT2D eigenvalue weighted by molar-refractivity contribution is -0.386. The van der Waals surface area contributed by atoms with Gasteiger partial charge in [-0.25, -0.2) is 0 Å². The fourth-order valence-electron chi connectivity index (χ4n) is 1.98. The zero-order chi connectivity index (χ0) is 18.1. The van der Waals surface area contributed by atoms with Gasteiger partial charge < -0.3 is 14.2 Å². The predicted octanol–water partition coefficient (Wildman–Crippen LogP) is 2.98. The molecule has 0 aliphatic rings. The largest absolute Gasteiger partial charge is 0.484 e. The monoisotopic (exact) mass is 348 g/mol. The summed E-state index contributed by atoms with van der Waals surface area (Å²) in [6, 6.07) is 12.1. The highest BCUT2D eigenvalue weighted by molar-refractivity contribution is 5.46. The minimum absolute atomic E-state index is 0.109. The molecule has 9 heteroatoms. The zero-order valence-electron chi connectivity index (χ0n) is 13.2. The van der Waals surface area contributed by atoms with Crippen LogP contribution in [0.1, 0.15) is 0 Å². The topological polar surface area (TPSA) is 114 Å². The number of rotatable bonds is 10. The molecule has 0 aromatic heterocycles. The maximum absolute atomic E-state index is 10.8. The van der Waals surface area contributed by atoms with Crippen LogP contribution in [0, 0.1) is 20.2 Å². The van der Waals surface area contributed by atoms with E-state index >= 15 is 0 Å². The first-order chi connectivity index (χ1) is 12.1. The fraction of sp³-hybridized carbons (Fsp3) is 0.250. The van der Waals surface area contributed by atoms with Gasteiger partial charge in [0.15, 0.2) is 11.5 Å². The lowest BCUT2D eigenvalue weighted by Gasteiger charge is -2.09. The Hall–Kier alpha value is -3.20. The maximum atomic E-state index is 10.8. The van der Waals surface area contributed by atoms with Crippen LogP contribution in [0.15, 0.2) is 48.5 Å². The van der Waals surface area contributed by atoms with Crippen molar-refractivity contribution in [3.63, 3.8) is 0 Å². The molecule has 0 fully saturated rings. The molecule has 0 atom stereocenters. The van der Waals surface area contributed by atoms with Gasteiger partial charge in [0.25, 0.3) is 0 Å². The van der Waals surface area contributed by atoms with E-state index in [2.05, 4.69) is 0 Å². The zero-order valence-corrected chi connectivity index (χ0v) is 13.2. The summed E-state index contributed by atoms with van der Waals surface area (Å²) in [6.07, 6.45) is 0. The standard InChI is InChI=1S/C16H16N2O7/c19-17(20)13-5-1-3-7-15(13)24-11-9-23-10-12-25-16-8-4-2-6-14(16)18(21)22/h1-8H,9-12H2. The number of benzene rings is 2. The van der Waals surface area contributed by atoms with Crippen molar-refractivity contribution in [3.05, 3.63) is 68.8 Å². The fourth-order valence-corrected chi connectivity index (χ4v) is 1.98. The molecule has 9 nitrogen and oxygen atoms in total. The van der Waals surface area contributed by atoms with E-state index in [9.17, 15) is 20.2 Å². The third kappa shape index (κ3) is 5.43. The van der Waals surface area contributed by atoms with Gasteiger partial charge in [0.1, 0.15) is 13.2 Å². The summed E-state index contributed by atoms with van der Waals surface area (Å²) >= 11 is 0. The van der Waals surface area contributed by atoms with Gasteiger partial charge in [-0.3, -0.25) is 20.2 Å². The summed E-state index contributed by atoms with van der Waals surface area (Å²) < 4.78 is 15.9. The SMILES string of the molecule is O=[N+]([O-])c1ccccc1OCCOCCOc1ccccc1[N+](=O)[O-]. The summed E-state index contributed by atoms with van der Waals surface area (Å²) in [5, 5.41) is 21.7. The van der Waals surface area contributed by atoms with E-state index in [0.29, 0.717) is 0 Å². The normalized spacial score (nSPS) is 10.2. The van der Waals surface area contributed by atoms with Gasteiger partial charge in [0.05, 0.1) is 23.1 Å². The third-order valence-corrected chi connectivity index (χ3v) is 3.09.